The minimum Gasteiger partial charge on any atom is -0.359 e. The van der Waals surface area contributed by atoms with Crippen LogP contribution >= 0.6 is 46.4 Å². The van der Waals surface area contributed by atoms with Gasteiger partial charge in [-0.1, -0.05) is 59.4 Å². The third-order valence-corrected chi connectivity index (χ3v) is 6.88. The maximum atomic E-state index is 14.1. The van der Waals surface area contributed by atoms with Gasteiger partial charge >= 0.3 is 6.18 Å². The fourth-order valence-electron chi connectivity index (χ4n) is 3.80. The molecule has 1 saturated heterocycles. The van der Waals surface area contributed by atoms with Crippen LogP contribution in [0.2, 0.25) is 20.1 Å². The normalized spacial score (nSPS) is 19.0. The lowest BCUT2D eigenvalue weighted by Crippen LogP contribution is -2.44. The number of nitrogens with zero attached hydrogens (tertiary/aromatic N) is 1. The highest BCUT2D eigenvalue weighted by molar-refractivity contribution is 6.48. The fraction of sp³-hybridized carbons (Fsp3) is 0.381. The molecule has 10 heteroatoms. The molecule has 1 aliphatic heterocycles. The van der Waals surface area contributed by atoms with E-state index in [0.29, 0.717) is 23.2 Å². The first-order chi connectivity index (χ1) is 14.5. The van der Waals surface area contributed by atoms with Crippen LogP contribution in [0.15, 0.2) is 30.3 Å². The molecule has 1 heterocycles. The van der Waals surface area contributed by atoms with Crippen molar-refractivity contribution in [3.8, 4) is 0 Å². The molecule has 2 aromatic carbocycles. The third-order valence-electron chi connectivity index (χ3n) is 5.33. The van der Waals surface area contributed by atoms with Gasteiger partial charge in [0.15, 0.2) is 0 Å². The molecular formula is C21H19Cl4F3N2O. The molecule has 2 atom stereocenters. The Bertz CT molecular complexity index is 961. The molecule has 3 rings (SSSR count). The second-order valence-corrected chi connectivity index (χ2v) is 8.88. The number of nitrogens with one attached hydrogen (secondary N) is 1. The first kappa shape index (κ1) is 24.3. The molecule has 1 N–H and O–H groups in total. The highest BCUT2D eigenvalue weighted by Gasteiger charge is 2.52. The Labute approximate surface area is 198 Å². The van der Waals surface area contributed by atoms with Gasteiger partial charge in [-0.25, -0.2) is 0 Å². The van der Waals surface area contributed by atoms with Gasteiger partial charge in [0.1, 0.15) is 6.04 Å². The Kier molecular flexibility index (Phi) is 7.57. The van der Waals surface area contributed by atoms with E-state index in [9.17, 15) is 18.0 Å². The van der Waals surface area contributed by atoms with Crippen LogP contribution in [-0.4, -0.2) is 24.7 Å². The number of alkyl halides is 3. The molecule has 0 spiro atoms. The minimum absolute atomic E-state index is 0.114. The van der Waals surface area contributed by atoms with Gasteiger partial charge in [-0.05, 0) is 41.8 Å². The number of hydrogen-bond donors (Lipinski definition) is 1. The van der Waals surface area contributed by atoms with E-state index in [-0.39, 0.29) is 45.5 Å². The second kappa shape index (κ2) is 9.65. The van der Waals surface area contributed by atoms with E-state index in [1.165, 1.54) is 23.1 Å². The number of halogens is 7. The van der Waals surface area contributed by atoms with E-state index < -0.39 is 18.1 Å². The summed E-state index contributed by atoms with van der Waals surface area (Å²) >= 11 is 24.4. The first-order valence-corrected chi connectivity index (χ1v) is 11.1. The topological polar surface area (TPSA) is 32.3 Å². The van der Waals surface area contributed by atoms with Crippen LogP contribution in [0.4, 0.5) is 18.9 Å². The zero-order valence-electron chi connectivity index (χ0n) is 16.4. The van der Waals surface area contributed by atoms with Crippen molar-refractivity contribution in [1.82, 2.24) is 5.32 Å². The highest BCUT2D eigenvalue weighted by Crippen LogP contribution is 2.46. The number of amides is 1. The van der Waals surface area contributed by atoms with Gasteiger partial charge in [0.25, 0.3) is 0 Å². The van der Waals surface area contributed by atoms with E-state index >= 15 is 0 Å². The van der Waals surface area contributed by atoms with Gasteiger partial charge in [-0.2, -0.15) is 13.2 Å². The summed E-state index contributed by atoms with van der Waals surface area (Å²) < 4.78 is 42.4. The van der Waals surface area contributed by atoms with Crippen LogP contribution in [0.1, 0.15) is 36.8 Å². The summed E-state index contributed by atoms with van der Waals surface area (Å²) in [5.41, 5.74) is 1.36. The Hall–Kier alpha value is -1.34. The number of carbonyl (C=O) groups excluding carboxylic acids is 1. The van der Waals surface area contributed by atoms with E-state index in [0.717, 1.165) is 0 Å². The Morgan fingerprint density at radius 2 is 1.74 bits per heavy atom. The average Bonchev–Trinajstić information content (AvgIpc) is 3.16. The van der Waals surface area contributed by atoms with Crippen LogP contribution in [0.5, 0.6) is 0 Å². The number of carbonyl (C=O) groups is 1. The van der Waals surface area contributed by atoms with Crippen molar-refractivity contribution in [2.75, 3.05) is 11.4 Å². The number of rotatable bonds is 5. The fourth-order valence-corrected chi connectivity index (χ4v) is 4.66. The lowest BCUT2D eigenvalue weighted by Gasteiger charge is -2.32. The summed E-state index contributed by atoms with van der Waals surface area (Å²) in [7, 11) is 0. The van der Waals surface area contributed by atoms with Crippen LogP contribution in [0.3, 0.4) is 0 Å². The van der Waals surface area contributed by atoms with E-state index in [4.69, 9.17) is 46.4 Å². The first-order valence-electron chi connectivity index (χ1n) is 9.55. The second-order valence-electron chi connectivity index (χ2n) is 7.28. The molecule has 1 fully saturated rings. The number of hydrogen-bond acceptors (Lipinski definition) is 2. The van der Waals surface area contributed by atoms with E-state index in [1.54, 1.807) is 19.1 Å². The zero-order valence-corrected chi connectivity index (χ0v) is 19.4. The Balaban J connectivity index is 1.91. The molecule has 0 aliphatic carbocycles. The molecule has 168 valence electrons. The van der Waals surface area contributed by atoms with Gasteiger partial charge in [-0.15, -0.1) is 0 Å². The summed E-state index contributed by atoms with van der Waals surface area (Å²) in [6, 6.07) is 5.82. The molecule has 2 unspecified atom stereocenters. The van der Waals surface area contributed by atoms with Crippen molar-refractivity contribution in [2.24, 2.45) is 0 Å². The summed E-state index contributed by atoms with van der Waals surface area (Å²) in [6.45, 7) is 2.11. The number of benzene rings is 2. The molecular weight excluding hydrogens is 495 g/mol. The number of anilines is 1. The molecule has 0 saturated carbocycles. The lowest BCUT2D eigenvalue weighted by atomic mass is 9.91. The van der Waals surface area contributed by atoms with Crippen LogP contribution in [-0.2, 0) is 11.3 Å². The van der Waals surface area contributed by atoms with Gasteiger partial charge in [-0.3, -0.25) is 4.79 Å². The molecule has 3 nitrogen and oxygen atoms in total. The molecule has 31 heavy (non-hydrogen) atoms. The third kappa shape index (κ3) is 5.36. The predicted octanol–water partition coefficient (Wildman–Crippen LogP) is 7.25. The van der Waals surface area contributed by atoms with Crippen molar-refractivity contribution in [3.63, 3.8) is 0 Å². The minimum atomic E-state index is -4.50. The smallest absolute Gasteiger partial charge is 0.359 e. The van der Waals surface area contributed by atoms with Crippen molar-refractivity contribution in [3.05, 3.63) is 61.5 Å². The molecule has 1 amide bonds. The van der Waals surface area contributed by atoms with Gasteiger partial charge in [0.05, 0.1) is 15.1 Å². The lowest BCUT2D eigenvalue weighted by molar-refractivity contribution is -0.149. The van der Waals surface area contributed by atoms with Crippen molar-refractivity contribution in [1.29, 1.82) is 0 Å². The molecule has 2 aromatic rings. The Morgan fingerprint density at radius 3 is 2.29 bits per heavy atom. The maximum absolute atomic E-state index is 14.1. The Morgan fingerprint density at radius 1 is 1.10 bits per heavy atom. The quantitative estimate of drug-likeness (QED) is 0.427. The largest absolute Gasteiger partial charge is 0.409 e. The monoisotopic (exact) mass is 512 g/mol. The molecule has 0 aromatic heterocycles. The maximum Gasteiger partial charge on any atom is 0.409 e. The van der Waals surface area contributed by atoms with Gasteiger partial charge in [0, 0.05) is 36.1 Å². The standard InChI is InChI=1S/C21H19Cl4F3N2O/c1-2-18(31)29-10-11-3-4-13(9-15(11)22)30-6-5-14(20(30)21(26,27)28)12-7-16(23)19(25)17(24)8-12/h3-4,7-9,14,20H,2,5-6,10H2,1H3,(H,29,31). The van der Waals surface area contributed by atoms with Crippen LogP contribution in [0, 0.1) is 0 Å². The summed E-state index contributed by atoms with van der Waals surface area (Å²) in [6.07, 6.45) is -3.92. The molecule has 0 bridgehead atoms. The average molecular weight is 514 g/mol. The highest BCUT2D eigenvalue weighted by atomic mass is 35.5. The predicted molar refractivity (Wildman–Crippen MR) is 120 cm³/mol. The molecule has 0 radical (unpaired) electrons. The zero-order chi connectivity index (χ0) is 22.9. The van der Waals surface area contributed by atoms with Crippen molar-refractivity contribution in [2.45, 2.75) is 44.4 Å². The summed E-state index contributed by atoms with van der Waals surface area (Å²) in [5, 5.41) is 3.34. The SMILES string of the molecule is CCC(=O)NCc1ccc(N2CCC(c3cc(Cl)c(Cl)c(Cl)c3)C2C(F)(F)F)cc1Cl. The van der Waals surface area contributed by atoms with Crippen molar-refractivity contribution < 1.29 is 18.0 Å². The summed E-state index contributed by atoms with van der Waals surface area (Å²) in [5.74, 6) is -1.01. The van der Waals surface area contributed by atoms with Crippen molar-refractivity contribution >= 4 is 58.0 Å². The van der Waals surface area contributed by atoms with Crippen LogP contribution < -0.4 is 10.2 Å². The van der Waals surface area contributed by atoms with Crippen LogP contribution in [0.25, 0.3) is 0 Å². The van der Waals surface area contributed by atoms with Gasteiger partial charge < -0.3 is 10.2 Å². The van der Waals surface area contributed by atoms with Gasteiger partial charge in [0.2, 0.25) is 5.91 Å². The molecule has 1 aliphatic rings. The van der Waals surface area contributed by atoms with E-state index in [2.05, 4.69) is 5.32 Å². The van der Waals surface area contributed by atoms with E-state index in [1.807, 2.05) is 0 Å². The summed E-state index contributed by atoms with van der Waals surface area (Å²) in [4.78, 5) is 12.7.